The van der Waals surface area contributed by atoms with E-state index in [1.807, 2.05) is 35.0 Å². The van der Waals surface area contributed by atoms with E-state index in [4.69, 9.17) is 0 Å². The lowest BCUT2D eigenvalue weighted by Gasteiger charge is -2.20. The summed E-state index contributed by atoms with van der Waals surface area (Å²) in [6, 6.07) is 12.0. The Labute approximate surface area is 193 Å². The molecule has 0 unspecified atom stereocenters. The number of thiazole rings is 1. The number of nitrogens with zero attached hydrogens (tertiary/aromatic N) is 4. The lowest BCUT2D eigenvalue weighted by molar-refractivity contribution is -0.255. The highest BCUT2D eigenvalue weighted by Crippen LogP contribution is 2.31. The van der Waals surface area contributed by atoms with Crippen molar-refractivity contribution >= 4 is 39.7 Å². The number of aromatic carboxylic acids is 1. The zero-order chi connectivity index (χ0) is 22.7. The summed E-state index contributed by atoms with van der Waals surface area (Å²) in [7, 11) is 0. The summed E-state index contributed by atoms with van der Waals surface area (Å²) in [5.74, 6) is -1.72. The van der Waals surface area contributed by atoms with Gasteiger partial charge in [-0.2, -0.15) is 0 Å². The summed E-state index contributed by atoms with van der Waals surface area (Å²) in [5, 5.41) is 15.7. The van der Waals surface area contributed by atoms with Crippen molar-refractivity contribution in [2.45, 2.75) is 26.3 Å². The number of carboxylic acid groups (broad SMARTS) is 1. The summed E-state index contributed by atoms with van der Waals surface area (Å²) in [6.45, 7) is 4.51. The Morgan fingerprint density at radius 3 is 2.38 bits per heavy atom. The van der Waals surface area contributed by atoms with Crippen LogP contribution in [0.2, 0.25) is 0 Å². The van der Waals surface area contributed by atoms with Gasteiger partial charge in [0.15, 0.2) is 10.8 Å². The Hall–Kier alpha value is -3.43. The molecule has 3 heterocycles. The van der Waals surface area contributed by atoms with Gasteiger partial charge in [0.25, 0.3) is 5.91 Å². The van der Waals surface area contributed by atoms with Gasteiger partial charge in [-0.3, -0.25) is 14.7 Å². The lowest BCUT2D eigenvalue weighted by Crippen LogP contribution is -2.35. The maximum atomic E-state index is 13.4. The van der Waals surface area contributed by atoms with E-state index < -0.39 is 17.6 Å². The number of anilines is 1. The molecular formula is C23H19N4O3S2-. The van der Waals surface area contributed by atoms with Crippen LogP contribution in [0.5, 0.6) is 0 Å². The van der Waals surface area contributed by atoms with Crippen LogP contribution in [0.25, 0.3) is 11.3 Å². The third-order valence-electron chi connectivity index (χ3n) is 4.83. The van der Waals surface area contributed by atoms with E-state index in [-0.39, 0.29) is 12.2 Å². The number of aromatic nitrogens is 3. The Morgan fingerprint density at radius 2 is 1.75 bits per heavy atom. The van der Waals surface area contributed by atoms with E-state index in [9.17, 15) is 14.7 Å². The number of rotatable bonds is 7. The predicted molar refractivity (Wildman–Crippen MR) is 123 cm³/mol. The van der Waals surface area contributed by atoms with E-state index in [0.717, 1.165) is 16.1 Å². The van der Waals surface area contributed by atoms with Crippen molar-refractivity contribution in [2.75, 3.05) is 4.90 Å². The van der Waals surface area contributed by atoms with Crippen LogP contribution < -0.4 is 10.0 Å². The zero-order valence-electron chi connectivity index (χ0n) is 17.4. The summed E-state index contributed by atoms with van der Waals surface area (Å²) in [4.78, 5) is 39.6. The quantitative estimate of drug-likeness (QED) is 0.411. The fraction of sp³-hybridized carbons (Fsp3) is 0.174. The van der Waals surface area contributed by atoms with Gasteiger partial charge >= 0.3 is 0 Å². The van der Waals surface area contributed by atoms with Crippen LogP contribution in [-0.4, -0.2) is 26.8 Å². The predicted octanol–water partition coefficient (Wildman–Crippen LogP) is 4.00. The highest BCUT2D eigenvalue weighted by Gasteiger charge is 2.26. The molecule has 0 saturated carbocycles. The summed E-state index contributed by atoms with van der Waals surface area (Å²) in [5.41, 5.74) is 2.15. The molecule has 4 rings (SSSR count). The van der Waals surface area contributed by atoms with E-state index in [2.05, 4.69) is 40.9 Å². The number of carbonyl (C=O) groups is 2. The van der Waals surface area contributed by atoms with E-state index in [0.29, 0.717) is 11.0 Å². The number of carbonyl (C=O) groups excluding carboxylic acids is 2. The fourth-order valence-corrected chi connectivity index (χ4v) is 4.64. The molecule has 0 spiro atoms. The number of hydrogen-bond donors (Lipinski definition) is 0. The molecule has 0 fully saturated rings. The molecule has 0 atom stereocenters. The Bertz CT molecular complexity index is 1230. The van der Waals surface area contributed by atoms with Gasteiger partial charge in [-0.25, -0.2) is 9.97 Å². The molecule has 0 bridgehead atoms. The van der Waals surface area contributed by atoms with Crippen molar-refractivity contribution in [2.24, 2.45) is 0 Å². The number of amides is 1. The standard InChI is InChI=1S/C23H20N4O3S2/c1-14(2)15-5-7-16(8-6-15)18-13-32-23(26-18)27(12-17-4-3-11-31-17)21(28)19-20(22(29)30)25-10-9-24-19/h3-11,13-14H,12H2,1-2H3,(H,29,30)/p-1. The summed E-state index contributed by atoms with van der Waals surface area (Å²) >= 11 is 2.80. The molecule has 0 saturated heterocycles. The van der Waals surface area contributed by atoms with E-state index in [1.165, 1.54) is 45.5 Å². The van der Waals surface area contributed by atoms with Gasteiger partial charge in [0.05, 0.1) is 18.2 Å². The third-order valence-corrected chi connectivity index (χ3v) is 6.55. The maximum Gasteiger partial charge on any atom is 0.281 e. The molecule has 162 valence electrons. The largest absolute Gasteiger partial charge is 0.543 e. The monoisotopic (exact) mass is 463 g/mol. The lowest BCUT2D eigenvalue weighted by atomic mass is 10.0. The van der Waals surface area contributed by atoms with Crippen LogP contribution in [0.1, 0.15) is 51.2 Å². The van der Waals surface area contributed by atoms with Crippen molar-refractivity contribution in [3.8, 4) is 11.3 Å². The van der Waals surface area contributed by atoms with Crippen LogP contribution in [0.3, 0.4) is 0 Å². The van der Waals surface area contributed by atoms with Crippen LogP contribution in [0, 0.1) is 0 Å². The first kappa shape index (κ1) is 21.8. The van der Waals surface area contributed by atoms with Crippen molar-refractivity contribution in [1.82, 2.24) is 15.0 Å². The highest BCUT2D eigenvalue weighted by atomic mass is 32.1. The van der Waals surface area contributed by atoms with Crippen molar-refractivity contribution < 1.29 is 14.7 Å². The second kappa shape index (κ2) is 9.37. The van der Waals surface area contributed by atoms with Gasteiger partial charge in [-0.05, 0) is 22.9 Å². The normalized spacial score (nSPS) is 11.0. The summed E-state index contributed by atoms with van der Waals surface area (Å²) < 4.78 is 0. The first-order chi connectivity index (χ1) is 15.4. The second-order valence-electron chi connectivity index (χ2n) is 7.30. The maximum absolute atomic E-state index is 13.4. The van der Waals surface area contributed by atoms with Gasteiger partial charge in [0, 0.05) is 28.2 Å². The molecular weight excluding hydrogens is 444 g/mol. The SMILES string of the molecule is CC(C)c1ccc(-c2csc(N(Cc3cccs3)C(=O)c3nccnc3C(=O)[O-])n2)cc1. The minimum absolute atomic E-state index is 0.235. The molecule has 7 nitrogen and oxygen atoms in total. The molecule has 1 aromatic carbocycles. The molecule has 0 aliphatic rings. The number of carboxylic acids is 1. The minimum Gasteiger partial charge on any atom is -0.543 e. The second-order valence-corrected chi connectivity index (χ2v) is 9.17. The Morgan fingerprint density at radius 1 is 1.03 bits per heavy atom. The molecule has 0 radical (unpaired) electrons. The minimum atomic E-state index is -1.55. The van der Waals surface area contributed by atoms with Gasteiger partial charge in [0.1, 0.15) is 5.69 Å². The van der Waals surface area contributed by atoms with Gasteiger partial charge < -0.3 is 9.90 Å². The van der Waals surface area contributed by atoms with Crippen LogP contribution in [0.4, 0.5) is 5.13 Å². The molecule has 0 aliphatic heterocycles. The average molecular weight is 464 g/mol. The highest BCUT2D eigenvalue weighted by molar-refractivity contribution is 7.14. The van der Waals surface area contributed by atoms with Gasteiger partial charge in [-0.15, -0.1) is 22.7 Å². The summed E-state index contributed by atoms with van der Waals surface area (Å²) in [6.07, 6.45) is 2.50. The smallest absolute Gasteiger partial charge is 0.281 e. The van der Waals surface area contributed by atoms with Crippen LogP contribution in [-0.2, 0) is 6.54 Å². The Balaban J connectivity index is 1.70. The van der Waals surface area contributed by atoms with E-state index >= 15 is 0 Å². The number of benzene rings is 1. The first-order valence-corrected chi connectivity index (χ1v) is 11.6. The van der Waals surface area contributed by atoms with Crippen molar-refractivity contribution in [3.05, 3.63) is 81.4 Å². The Kier molecular flexibility index (Phi) is 6.38. The molecule has 9 heteroatoms. The van der Waals surface area contributed by atoms with Crippen molar-refractivity contribution in [3.63, 3.8) is 0 Å². The number of hydrogen-bond acceptors (Lipinski definition) is 8. The van der Waals surface area contributed by atoms with Gasteiger partial charge in [-0.1, -0.05) is 44.2 Å². The third kappa shape index (κ3) is 4.58. The fourth-order valence-electron chi connectivity index (χ4n) is 3.12. The zero-order valence-corrected chi connectivity index (χ0v) is 19.0. The molecule has 0 aliphatic carbocycles. The average Bonchev–Trinajstić information content (AvgIpc) is 3.49. The van der Waals surface area contributed by atoms with Crippen molar-refractivity contribution in [1.29, 1.82) is 0 Å². The van der Waals surface area contributed by atoms with Crippen LogP contribution >= 0.6 is 22.7 Å². The van der Waals surface area contributed by atoms with E-state index in [1.54, 1.807) is 0 Å². The number of thiophene rings is 1. The van der Waals surface area contributed by atoms with Gasteiger partial charge in [0.2, 0.25) is 0 Å². The first-order valence-electron chi connectivity index (χ1n) is 9.86. The molecule has 32 heavy (non-hydrogen) atoms. The molecule has 0 N–H and O–H groups in total. The molecule has 4 aromatic rings. The molecule has 1 amide bonds. The van der Waals surface area contributed by atoms with Crippen LogP contribution in [0.15, 0.2) is 59.6 Å². The molecule has 3 aromatic heterocycles. The topological polar surface area (TPSA) is 99.1 Å².